The number of rotatable bonds is 3. The van der Waals surface area contributed by atoms with E-state index in [-0.39, 0.29) is 22.9 Å². The van der Waals surface area contributed by atoms with Gasteiger partial charge < -0.3 is 10.5 Å². The first-order chi connectivity index (χ1) is 10.9. The highest BCUT2D eigenvalue weighted by Crippen LogP contribution is 2.36. The zero-order valence-corrected chi connectivity index (χ0v) is 12.7. The summed E-state index contributed by atoms with van der Waals surface area (Å²) in [7, 11) is -4.06. The van der Waals surface area contributed by atoms with Gasteiger partial charge >= 0.3 is 0 Å². The van der Waals surface area contributed by atoms with E-state index in [9.17, 15) is 17.6 Å². The summed E-state index contributed by atoms with van der Waals surface area (Å²) in [5.74, 6) is -1.22. The molecule has 2 N–H and O–H groups in total. The molecule has 0 spiro atoms. The number of carbonyl (C=O) groups excluding carboxylic acids is 1. The molecule has 1 heterocycles. The normalized spacial score (nSPS) is 17.3. The summed E-state index contributed by atoms with van der Waals surface area (Å²) in [5, 5.41) is 0. The quantitative estimate of drug-likeness (QED) is 0.914. The van der Waals surface area contributed by atoms with Crippen molar-refractivity contribution in [1.82, 2.24) is 0 Å². The molecule has 0 bridgehead atoms. The molecule has 2 aromatic rings. The van der Waals surface area contributed by atoms with E-state index in [0.29, 0.717) is 0 Å². The van der Waals surface area contributed by atoms with Crippen LogP contribution in [0.4, 0.5) is 10.1 Å². The molecule has 0 saturated carbocycles. The summed E-state index contributed by atoms with van der Waals surface area (Å²) >= 11 is 0. The van der Waals surface area contributed by atoms with Crippen molar-refractivity contribution in [2.45, 2.75) is 11.0 Å². The zero-order chi connectivity index (χ0) is 16.6. The summed E-state index contributed by atoms with van der Waals surface area (Å²) < 4.78 is 45.5. The zero-order valence-electron chi connectivity index (χ0n) is 11.8. The molecular weight excluding hydrogens is 323 g/mol. The molecule has 0 aliphatic carbocycles. The van der Waals surface area contributed by atoms with Gasteiger partial charge in [0.25, 0.3) is 15.9 Å². The summed E-state index contributed by atoms with van der Waals surface area (Å²) in [6.45, 7) is -0.273. The lowest BCUT2D eigenvalue weighted by Gasteiger charge is -2.34. The van der Waals surface area contributed by atoms with Gasteiger partial charge in [-0.2, -0.15) is 0 Å². The lowest BCUT2D eigenvalue weighted by Crippen LogP contribution is -2.49. The van der Waals surface area contributed by atoms with Gasteiger partial charge in [-0.25, -0.2) is 12.8 Å². The molecule has 1 aliphatic rings. The number of fused-ring (bicyclic) bond motifs is 1. The second kappa shape index (κ2) is 5.54. The highest BCUT2D eigenvalue weighted by molar-refractivity contribution is 7.92. The number of halogens is 1. The molecule has 2 aromatic carbocycles. The number of hydrogen-bond acceptors (Lipinski definition) is 4. The topological polar surface area (TPSA) is 89.7 Å². The lowest BCUT2D eigenvalue weighted by molar-refractivity contribution is -0.124. The Balaban J connectivity index is 2.12. The van der Waals surface area contributed by atoms with Crippen LogP contribution in [0.3, 0.4) is 0 Å². The Morgan fingerprint density at radius 1 is 1.22 bits per heavy atom. The molecule has 0 unspecified atom stereocenters. The molecule has 120 valence electrons. The van der Waals surface area contributed by atoms with E-state index in [1.807, 2.05) is 0 Å². The van der Waals surface area contributed by atoms with Gasteiger partial charge in [0, 0.05) is 0 Å². The van der Waals surface area contributed by atoms with Crippen molar-refractivity contribution in [2.75, 3.05) is 10.8 Å². The minimum atomic E-state index is -4.06. The van der Waals surface area contributed by atoms with Crippen LogP contribution < -0.4 is 14.8 Å². The molecular formula is C15H13FN2O4S. The van der Waals surface area contributed by atoms with E-state index in [4.69, 9.17) is 10.5 Å². The van der Waals surface area contributed by atoms with Crippen molar-refractivity contribution >= 4 is 21.6 Å². The number of carbonyl (C=O) groups is 1. The minimum absolute atomic E-state index is 0.211. The molecule has 1 aliphatic heterocycles. The molecule has 23 heavy (non-hydrogen) atoms. The van der Waals surface area contributed by atoms with E-state index in [1.54, 1.807) is 24.3 Å². The number of nitrogens with two attached hydrogens (primary N) is 1. The number of hydrogen-bond donors (Lipinski definition) is 1. The Labute approximate surface area is 132 Å². The van der Waals surface area contributed by atoms with Crippen LogP contribution in [0.1, 0.15) is 0 Å². The molecule has 0 aromatic heterocycles. The average molecular weight is 336 g/mol. The van der Waals surface area contributed by atoms with Crippen molar-refractivity contribution in [3.8, 4) is 5.75 Å². The number of sulfonamides is 1. The number of amides is 1. The number of nitrogens with zero attached hydrogens (tertiary/aromatic N) is 1. The SMILES string of the molecule is NC(=O)[C@@H]1CN(S(=O)(=O)c2cccc(F)c2)c2ccccc2O1. The molecule has 0 saturated heterocycles. The first kappa shape index (κ1) is 15.3. The lowest BCUT2D eigenvalue weighted by atomic mass is 10.2. The first-order valence-electron chi connectivity index (χ1n) is 6.73. The third-order valence-electron chi connectivity index (χ3n) is 3.44. The predicted octanol–water partition coefficient (Wildman–Crippen LogP) is 1.27. The number of anilines is 1. The smallest absolute Gasteiger partial charge is 0.264 e. The highest BCUT2D eigenvalue weighted by Gasteiger charge is 2.36. The van der Waals surface area contributed by atoms with Gasteiger partial charge in [-0.3, -0.25) is 9.10 Å². The fourth-order valence-electron chi connectivity index (χ4n) is 2.33. The maximum atomic E-state index is 13.4. The average Bonchev–Trinajstić information content (AvgIpc) is 2.53. The molecule has 3 rings (SSSR count). The molecule has 1 atom stereocenters. The third kappa shape index (κ3) is 2.72. The maximum Gasteiger partial charge on any atom is 0.264 e. The second-order valence-electron chi connectivity index (χ2n) is 4.97. The largest absolute Gasteiger partial charge is 0.476 e. The predicted molar refractivity (Wildman–Crippen MR) is 81.0 cm³/mol. The van der Waals surface area contributed by atoms with E-state index < -0.39 is 27.9 Å². The summed E-state index contributed by atoms with van der Waals surface area (Å²) in [6.07, 6.45) is -1.12. The van der Waals surface area contributed by atoms with Gasteiger partial charge in [0.15, 0.2) is 6.10 Å². The monoisotopic (exact) mass is 336 g/mol. The molecule has 1 amide bonds. The summed E-state index contributed by atoms with van der Waals surface area (Å²) in [6, 6.07) is 11.0. The van der Waals surface area contributed by atoms with Crippen molar-refractivity contribution in [1.29, 1.82) is 0 Å². The van der Waals surface area contributed by atoms with Crippen LogP contribution in [0.2, 0.25) is 0 Å². The van der Waals surface area contributed by atoms with Crippen molar-refractivity contribution in [3.63, 3.8) is 0 Å². The van der Waals surface area contributed by atoms with Gasteiger partial charge in [0.2, 0.25) is 0 Å². The van der Waals surface area contributed by atoms with Gasteiger partial charge in [0.1, 0.15) is 11.6 Å². The van der Waals surface area contributed by atoms with Crippen molar-refractivity contribution in [3.05, 3.63) is 54.3 Å². The van der Waals surface area contributed by atoms with Crippen LogP contribution in [0, 0.1) is 5.82 Å². The standard InChI is InChI=1S/C15H13FN2O4S/c16-10-4-3-5-11(8-10)23(20,21)18-9-14(15(17)19)22-13-7-2-1-6-12(13)18/h1-8,14H,9H2,(H2,17,19)/t14-/m0/s1. The van der Waals surface area contributed by atoms with Crippen LogP contribution >= 0.6 is 0 Å². The first-order valence-corrected chi connectivity index (χ1v) is 8.17. The maximum absolute atomic E-state index is 13.4. The van der Waals surface area contributed by atoms with Crippen LogP contribution in [-0.2, 0) is 14.8 Å². The second-order valence-corrected chi connectivity index (χ2v) is 6.83. The molecule has 0 radical (unpaired) electrons. The molecule has 0 fully saturated rings. The molecule has 8 heteroatoms. The van der Waals surface area contributed by atoms with Crippen LogP contribution in [-0.4, -0.2) is 27.0 Å². The van der Waals surface area contributed by atoms with Crippen molar-refractivity contribution < 1.29 is 22.3 Å². The van der Waals surface area contributed by atoms with Gasteiger partial charge in [-0.05, 0) is 30.3 Å². The number of primary amides is 1. The van der Waals surface area contributed by atoms with Crippen molar-refractivity contribution in [2.24, 2.45) is 5.73 Å². The highest BCUT2D eigenvalue weighted by atomic mass is 32.2. The Morgan fingerprint density at radius 3 is 2.65 bits per heavy atom. The number of benzene rings is 2. The van der Waals surface area contributed by atoms with Gasteiger partial charge in [-0.1, -0.05) is 18.2 Å². The number of ether oxygens (including phenoxy) is 1. The van der Waals surface area contributed by atoms with Crippen LogP contribution in [0.5, 0.6) is 5.75 Å². The summed E-state index contributed by atoms with van der Waals surface area (Å²) in [4.78, 5) is 11.2. The van der Waals surface area contributed by atoms with E-state index in [1.165, 1.54) is 12.1 Å². The van der Waals surface area contributed by atoms with Gasteiger partial charge in [-0.15, -0.1) is 0 Å². The minimum Gasteiger partial charge on any atom is -0.476 e. The van der Waals surface area contributed by atoms with Crippen LogP contribution in [0.15, 0.2) is 53.4 Å². The van der Waals surface area contributed by atoms with E-state index in [2.05, 4.69) is 0 Å². The van der Waals surface area contributed by atoms with E-state index >= 15 is 0 Å². The Bertz CT molecular complexity index is 869. The fraction of sp³-hybridized carbons (Fsp3) is 0.133. The third-order valence-corrected chi connectivity index (χ3v) is 5.21. The van der Waals surface area contributed by atoms with E-state index in [0.717, 1.165) is 16.4 Å². The Morgan fingerprint density at radius 2 is 1.96 bits per heavy atom. The van der Waals surface area contributed by atoms with Crippen LogP contribution in [0.25, 0.3) is 0 Å². The van der Waals surface area contributed by atoms with Gasteiger partial charge in [0.05, 0.1) is 17.1 Å². The molecule has 6 nitrogen and oxygen atoms in total. The Hall–Kier alpha value is -2.61. The number of para-hydroxylation sites is 2. The fourth-order valence-corrected chi connectivity index (χ4v) is 3.84. The Kier molecular flexibility index (Phi) is 3.69. The summed E-state index contributed by atoms with van der Waals surface area (Å²) in [5.41, 5.74) is 5.52.